The first-order valence-corrected chi connectivity index (χ1v) is 11.3. The zero-order chi connectivity index (χ0) is 22.4. The molecule has 0 radical (unpaired) electrons. The Labute approximate surface area is 186 Å². The van der Waals surface area contributed by atoms with E-state index in [9.17, 15) is 8.42 Å². The normalized spacial score (nSPS) is 11.2. The largest absolute Gasteiger partial charge is 0.497 e. The van der Waals surface area contributed by atoms with Gasteiger partial charge in [-0.3, -0.25) is 0 Å². The summed E-state index contributed by atoms with van der Waals surface area (Å²) in [6.45, 7) is 0.0380. The van der Waals surface area contributed by atoms with Gasteiger partial charge < -0.3 is 9.47 Å². The summed E-state index contributed by atoms with van der Waals surface area (Å²) in [6.07, 6.45) is 1.42. The summed E-state index contributed by atoms with van der Waals surface area (Å²) in [7, 11) is -2.11. The van der Waals surface area contributed by atoms with Crippen LogP contribution >= 0.6 is 0 Å². The second-order valence-corrected chi connectivity index (χ2v) is 8.60. The summed E-state index contributed by atoms with van der Waals surface area (Å²) in [4.78, 5) is 8.58. The summed E-state index contributed by atoms with van der Waals surface area (Å²) < 4.78 is 38.8. The van der Waals surface area contributed by atoms with Gasteiger partial charge in [-0.25, -0.2) is 23.1 Å². The fraction of sp³-hybridized carbons (Fsp3) is 0.0833. The van der Waals surface area contributed by atoms with Crippen molar-refractivity contribution in [2.24, 2.45) is 0 Å². The van der Waals surface area contributed by atoms with Gasteiger partial charge in [-0.1, -0.05) is 18.2 Å². The van der Waals surface area contributed by atoms with Gasteiger partial charge >= 0.3 is 0 Å². The number of rotatable bonds is 8. The Morgan fingerprint density at radius 2 is 1.47 bits per heavy atom. The highest BCUT2D eigenvalue weighted by Crippen LogP contribution is 2.23. The van der Waals surface area contributed by atoms with Crippen LogP contribution in [0.15, 0.2) is 96.2 Å². The molecule has 0 aliphatic carbocycles. The average Bonchev–Trinajstić information content (AvgIpc) is 2.84. The van der Waals surface area contributed by atoms with Crippen LogP contribution in [-0.2, 0) is 16.6 Å². The van der Waals surface area contributed by atoms with E-state index in [1.807, 2.05) is 54.6 Å². The molecule has 0 amide bonds. The molecule has 0 saturated heterocycles. The maximum Gasteiger partial charge on any atom is 0.240 e. The van der Waals surface area contributed by atoms with E-state index >= 15 is 0 Å². The Morgan fingerprint density at radius 3 is 2.16 bits per heavy atom. The van der Waals surface area contributed by atoms with Crippen LogP contribution in [0.5, 0.6) is 17.2 Å². The molecule has 162 valence electrons. The second kappa shape index (κ2) is 9.59. The van der Waals surface area contributed by atoms with E-state index in [4.69, 9.17) is 9.47 Å². The maximum absolute atomic E-state index is 12.7. The minimum absolute atomic E-state index is 0.0380. The topological polar surface area (TPSA) is 90.4 Å². The van der Waals surface area contributed by atoms with Gasteiger partial charge in [-0.2, -0.15) is 0 Å². The van der Waals surface area contributed by atoms with Gasteiger partial charge in [-0.15, -0.1) is 0 Å². The van der Waals surface area contributed by atoms with Crippen LogP contribution < -0.4 is 14.2 Å². The number of aromatic nitrogens is 2. The van der Waals surface area contributed by atoms with Crippen LogP contribution in [0.4, 0.5) is 0 Å². The summed E-state index contributed by atoms with van der Waals surface area (Å²) >= 11 is 0. The molecular formula is C24H21N3O4S. The molecule has 0 unspecified atom stereocenters. The number of nitrogens with one attached hydrogen (secondary N) is 1. The Balaban J connectivity index is 1.42. The Kier molecular flexibility index (Phi) is 6.44. The monoisotopic (exact) mass is 447 g/mol. The lowest BCUT2D eigenvalue weighted by molar-refractivity contribution is 0.415. The van der Waals surface area contributed by atoms with Gasteiger partial charge in [0.05, 0.1) is 29.9 Å². The van der Waals surface area contributed by atoms with E-state index in [1.165, 1.54) is 18.5 Å². The molecule has 1 heterocycles. The minimum Gasteiger partial charge on any atom is -0.497 e. The number of methoxy groups -OCH3 is 1. The Bertz CT molecular complexity index is 1280. The highest BCUT2D eigenvalue weighted by Gasteiger charge is 2.15. The first-order valence-electron chi connectivity index (χ1n) is 9.81. The third-order valence-electron chi connectivity index (χ3n) is 4.67. The van der Waals surface area contributed by atoms with E-state index in [-0.39, 0.29) is 11.4 Å². The standard InChI is InChI=1S/C24H21N3O4S/c1-30-20-9-7-18(8-10-20)24-15-19(25-17-26-24)16-27-32(28,29)23-13-11-22(12-14-23)31-21-5-3-2-4-6-21/h2-15,17,27H,16H2,1H3. The molecule has 0 aliphatic rings. The fourth-order valence-electron chi connectivity index (χ4n) is 2.98. The van der Waals surface area contributed by atoms with Crippen molar-refractivity contribution in [2.45, 2.75) is 11.4 Å². The van der Waals surface area contributed by atoms with Crippen LogP contribution in [0.25, 0.3) is 11.3 Å². The van der Waals surface area contributed by atoms with Gasteiger partial charge in [0.1, 0.15) is 23.6 Å². The van der Waals surface area contributed by atoms with Crippen molar-refractivity contribution in [3.8, 4) is 28.5 Å². The van der Waals surface area contributed by atoms with Crippen molar-refractivity contribution < 1.29 is 17.9 Å². The van der Waals surface area contributed by atoms with Crippen LogP contribution in [0, 0.1) is 0 Å². The lowest BCUT2D eigenvalue weighted by atomic mass is 10.1. The Morgan fingerprint density at radius 1 is 0.812 bits per heavy atom. The molecule has 4 aromatic rings. The van der Waals surface area contributed by atoms with Gasteiger partial charge in [-0.05, 0) is 66.7 Å². The predicted octanol–water partition coefficient (Wildman–Crippen LogP) is 4.42. The molecule has 32 heavy (non-hydrogen) atoms. The molecule has 4 rings (SSSR count). The van der Waals surface area contributed by atoms with E-state index in [1.54, 1.807) is 25.3 Å². The van der Waals surface area contributed by atoms with E-state index in [2.05, 4.69) is 14.7 Å². The van der Waals surface area contributed by atoms with Crippen molar-refractivity contribution in [2.75, 3.05) is 7.11 Å². The molecule has 8 heteroatoms. The van der Waals surface area contributed by atoms with Gasteiger partial charge in [0.25, 0.3) is 0 Å². The molecule has 0 aliphatic heterocycles. The molecule has 0 saturated carbocycles. The van der Waals surface area contributed by atoms with E-state index in [0.29, 0.717) is 22.9 Å². The number of para-hydroxylation sites is 1. The number of hydrogen-bond donors (Lipinski definition) is 1. The van der Waals surface area contributed by atoms with E-state index < -0.39 is 10.0 Å². The first-order chi connectivity index (χ1) is 15.5. The Hall–Kier alpha value is -3.75. The molecular weight excluding hydrogens is 426 g/mol. The van der Waals surface area contributed by atoms with Gasteiger partial charge in [0.15, 0.2) is 0 Å². The van der Waals surface area contributed by atoms with Crippen LogP contribution in [-0.4, -0.2) is 25.5 Å². The highest BCUT2D eigenvalue weighted by atomic mass is 32.2. The lowest BCUT2D eigenvalue weighted by Gasteiger charge is -2.09. The van der Waals surface area contributed by atoms with Crippen molar-refractivity contribution >= 4 is 10.0 Å². The van der Waals surface area contributed by atoms with Crippen molar-refractivity contribution in [3.05, 3.63) is 97.0 Å². The zero-order valence-corrected chi connectivity index (χ0v) is 18.1. The lowest BCUT2D eigenvalue weighted by Crippen LogP contribution is -2.23. The number of hydrogen-bond acceptors (Lipinski definition) is 6. The fourth-order valence-corrected chi connectivity index (χ4v) is 3.98. The summed E-state index contributed by atoms with van der Waals surface area (Å²) in [5.74, 6) is 1.98. The smallest absolute Gasteiger partial charge is 0.240 e. The van der Waals surface area contributed by atoms with Gasteiger partial charge in [0, 0.05) is 5.56 Å². The average molecular weight is 448 g/mol. The van der Waals surface area contributed by atoms with Crippen molar-refractivity contribution in [3.63, 3.8) is 0 Å². The molecule has 3 aromatic carbocycles. The number of ether oxygens (including phenoxy) is 2. The van der Waals surface area contributed by atoms with Crippen molar-refractivity contribution in [1.29, 1.82) is 0 Å². The zero-order valence-electron chi connectivity index (χ0n) is 17.3. The minimum atomic E-state index is -3.72. The van der Waals surface area contributed by atoms with Crippen molar-refractivity contribution in [1.82, 2.24) is 14.7 Å². The van der Waals surface area contributed by atoms with Crippen LogP contribution in [0.2, 0.25) is 0 Å². The molecule has 0 spiro atoms. The van der Waals surface area contributed by atoms with Crippen LogP contribution in [0.1, 0.15) is 5.69 Å². The first kappa shape index (κ1) is 21.5. The van der Waals surface area contributed by atoms with Gasteiger partial charge in [0.2, 0.25) is 10.0 Å². The SMILES string of the molecule is COc1ccc(-c2cc(CNS(=O)(=O)c3ccc(Oc4ccccc4)cc3)ncn2)cc1. The molecule has 0 atom stereocenters. The third kappa shape index (κ3) is 5.29. The number of nitrogens with zero attached hydrogens (tertiary/aromatic N) is 2. The number of benzene rings is 3. The molecule has 1 N–H and O–H groups in total. The summed E-state index contributed by atoms with van der Waals surface area (Å²) in [5.41, 5.74) is 2.13. The predicted molar refractivity (Wildman–Crippen MR) is 121 cm³/mol. The number of sulfonamides is 1. The highest BCUT2D eigenvalue weighted by molar-refractivity contribution is 7.89. The summed E-state index contributed by atoms with van der Waals surface area (Å²) in [6, 6.07) is 24.7. The molecule has 0 bridgehead atoms. The molecule has 0 fully saturated rings. The quantitative estimate of drug-likeness (QED) is 0.430. The van der Waals surface area contributed by atoms with Crippen LogP contribution in [0.3, 0.4) is 0 Å². The van der Waals surface area contributed by atoms with E-state index in [0.717, 1.165) is 11.3 Å². The third-order valence-corrected chi connectivity index (χ3v) is 6.08. The molecule has 1 aromatic heterocycles. The summed E-state index contributed by atoms with van der Waals surface area (Å²) in [5, 5.41) is 0. The maximum atomic E-state index is 12.7. The molecule has 7 nitrogen and oxygen atoms in total. The second-order valence-electron chi connectivity index (χ2n) is 6.83.